The minimum atomic E-state index is 0.242. The van der Waals surface area contributed by atoms with Crippen molar-refractivity contribution in [2.24, 2.45) is 5.73 Å². The van der Waals surface area contributed by atoms with Crippen LogP contribution in [0.5, 0.6) is 0 Å². The summed E-state index contributed by atoms with van der Waals surface area (Å²) in [5.74, 6) is 2.00. The van der Waals surface area contributed by atoms with E-state index in [0.717, 1.165) is 11.5 Å². The SMILES string of the molecule is CCC1CCC(C)N1C(CN)c1ccc(C)o1. The van der Waals surface area contributed by atoms with E-state index in [4.69, 9.17) is 10.2 Å². The third kappa shape index (κ3) is 2.40. The standard InChI is InChI=1S/C14H24N2O/c1-4-12-7-5-10(2)16(12)13(9-15)14-8-6-11(3)17-14/h6,8,10,12-13H,4-5,7,9,15H2,1-3H3. The molecule has 17 heavy (non-hydrogen) atoms. The summed E-state index contributed by atoms with van der Waals surface area (Å²) in [5, 5.41) is 0. The summed E-state index contributed by atoms with van der Waals surface area (Å²) in [6.07, 6.45) is 3.75. The Balaban J connectivity index is 2.22. The summed E-state index contributed by atoms with van der Waals surface area (Å²) in [4.78, 5) is 2.55. The van der Waals surface area contributed by atoms with Crippen molar-refractivity contribution in [2.45, 2.75) is 58.2 Å². The molecule has 3 heteroatoms. The third-order valence-corrected chi connectivity index (χ3v) is 3.99. The van der Waals surface area contributed by atoms with Crippen molar-refractivity contribution in [3.05, 3.63) is 23.7 Å². The van der Waals surface area contributed by atoms with Gasteiger partial charge in [-0.25, -0.2) is 0 Å². The van der Waals surface area contributed by atoms with Crippen LogP contribution in [0, 0.1) is 6.92 Å². The fourth-order valence-electron chi connectivity index (χ4n) is 3.09. The first-order chi connectivity index (χ1) is 8.17. The number of hydrogen-bond acceptors (Lipinski definition) is 3. The van der Waals surface area contributed by atoms with Gasteiger partial charge in [0.15, 0.2) is 0 Å². The van der Waals surface area contributed by atoms with Gasteiger partial charge in [0.25, 0.3) is 0 Å². The molecule has 3 atom stereocenters. The highest BCUT2D eigenvalue weighted by molar-refractivity contribution is 5.12. The molecule has 2 rings (SSSR count). The molecular formula is C14H24N2O. The molecule has 1 aromatic rings. The van der Waals surface area contributed by atoms with Crippen LogP contribution in [0.4, 0.5) is 0 Å². The summed E-state index contributed by atoms with van der Waals surface area (Å²) in [7, 11) is 0. The van der Waals surface area contributed by atoms with Crippen LogP contribution in [0.1, 0.15) is 50.7 Å². The van der Waals surface area contributed by atoms with Gasteiger partial charge in [0.1, 0.15) is 11.5 Å². The minimum absolute atomic E-state index is 0.242. The number of furan rings is 1. The lowest BCUT2D eigenvalue weighted by molar-refractivity contribution is 0.120. The molecule has 3 unspecified atom stereocenters. The number of hydrogen-bond donors (Lipinski definition) is 1. The summed E-state index contributed by atoms with van der Waals surface area (Å²) in [6, 6.07) is 5.61. The van der Waals surface area contributed by atoms with Crippen molar-refractivity contribution in [1.82, 2.24) is 4.90 Å². The highest BCUT2D eigenvalue weighted by Crippen LogP contribution is 2.35. The van der Waals surface area contributed by atoms with Gasteiger partial charge in [0.2, 0.25) is 0 Å². The van der Waals surface area contributed by atoms with Gasteiger partial charge in [-0.05, 0) is 45.2 Å². The first-order valence-electron chi connectivity index (χ1n) is 6.71. The van der Waals surface area contributed by atoms with E-state index in [1.54, 1.807) is 0 Å². The van der Waals surface area contributed by atoms with Crippen molar-refractivity contribution in [3.63, 3.8) is 0 Å². The van der Waals surface area contributed by atoms with E-state index in [0.29, 0.717) is 18.6 Å². The van der Waals surface area contributed by atoms with Crippen LogP contribution in [-0.2, 0) is 0 Å². The average molecular weight is 236 g/mol. The van der Waals surface area contributed by atoms with E-state index >= 15 is 0 Å². The molecule has 0 radical (unpaired) electrons. The van der Waals surface area contributed by atoms with Gasteiger partial charge in [-0.2, -0.15) is 0 Å². The zero-order valence-corrected chi connectivity index (χ0v) is 11.1. The van der Waals surface area contributed by atoms with E-state index in [1.807, 2.05) is 13.0 Å². The Labute approximate surface area is 104 Å². The van der Waals surface area contributed by atoms with Crippen molar-refractivity contribution < 1.29 is 4.42 Å². The van der Waals surface area contributed by atoms with Gasteiger partial charge < -0.3 is 10.2 Å². The lowest BCUT2D eigenvalue weighted by atomic mass is 10.1. The molecule has 0 bridgehead atoms. The molecule has 0 aromatic carbocycles. The Morgan fingerprint density at radius 3 is 2.76 bits per heavy atom. The summed E-state index contributed by atoms with van der Waals surface area (Å²) in [5.41, 5.74) is 5.97. The molecule has 0 amide bonds. The molecule has 1 saturated heterocycles. The molecule has 0 aliphatic carbocycles. The number of rotatable bonds is 4. The number of nitrogens with zero attached hydrogens (tertiary/aromatic N) is 1. The average Bonchev–Trinajstić information content (AvgIpc) is 2.89. The van der Waals surface area contributed by atoms with Crippen LogP contribution in [0.15, 0.2) is 16.5 Å². The van der Waals surface area contributed by atoms with Gasteiger partial charge in [-0.15, -0.1) is 0 Å². The molecule has 1 fully saturated rings. The highest BCUT2D eigenvalue weighted by Gasteiger charge is 2.36. The first kappa shape index (κ1) is 12.7. The highest BCUT2D eigenvalue weighted by atomic mass is 16.3. The number of aryl methyl sites for hydroxylation is 1. The Kier molecular flexibility index (Phi) is 3.89. The van der Waals surface area contributed by atoms with Crippen molar-refractivity contribution in [3.8, 4) is 0 Å². The van der Waals surface area contributed by atoms with Crippen LogP contribution >= 0.6 is 0 Å². The minimum Gasteiger partial charge on any atom is -0.465 e. The van der Waals surface area contributed by atoms with E-state index in [1.165, 1.54) is 19.3 Å². The van der Waals surface area contributed by atoms with Gasteiger partial charge >= 0.3 is 0 Å². The predicted molar refractivity (Wildman–Crippen MR) is 69.9 cm³/mol. The Morgan fingerprint density at radius 2 is 2.24 bits per heavy atom. The molecule has 2 heterocycles. The van der Waals surface area contributed by atoms with E-state index in [2.05, 4.69) is 24.8 Å². The fraction of sp³-hybridized carbons (Fsp3) is 0.714. The van der Waals surface area contributed by atoms with Gasteiger partial charge in [-0.3, -0.25) is 4.90 Å². The van der Waals surface area contributed by atoms with Crippen molar-refractivity contribution >= 4 is 0 Å². The molecule has 1 aliphatic heterocycles. The number of likely N-dealkylation sites (tertiary alicyclic amines) is 1. The third-order valence-electron chi connectivity index (χ3n) is 3.99. The van der Waals surface area contributed by atoms with E-state index in [-0.39, 0.29) is 6.04 Å². The topological polar surface area (TPSA) is 42.4 Å². The molecule has 1 aliphatic rings. The lowest BCUT2D eigenvalue weighted by Crippen LogP contribution is -2.40. The van der Waals surface area contributed by atoms with Crippen LogP contribution < -0.4 is 5.73 Å². The first-order valence-corrected chi connectivity index (χ1v) is 6.71. The molecule has 0 saturated carbocycles. The van der Waals surface area contributed by atoms with E-state index in [9.17, 15) is 0 Å². The quantitative estimate of drug-likeness (QED) is 0.874. The summed E-state index contributed by atoms with van der Waals surface area (Å²) in [6.45, 7) is 7.18. The van der Waals surface area contributed by atoms with Crippen LogP contribution in [0.25, 0.3) is 0 Å². The summed E-state index contributed by atoms with van der Waals surface area (Å²) < 4.78 is 5.77. The van der Waals surface area contributed by atoms with Crippen LogP contribution in [0.2, 0.25) is 0 Å². The molecule has 2 N–H and O–H groups in total. The predicted octanol–water partition coefficient (Wildman–Crippen LogP) is 2.85. The second-order valence-electron chi connectivity index (χ2n) is 5.14. The van der Waals surface area contributed by atoms with Crippen molar-refractivity contribution in [1.29, 1.82) is 0 Å². The largest absolute Gasteiger partial charge is 0.465 e. The maximum atomic E-state index is 5.97. The molecule has 3 nitrogen and oxygen atoms in total. The van der Waals surface area contributed by atoms with Gasteiger partial charge in [0.05, 0.1) is 6.04 Å². The smallest absolute Gasteiger partial charge is 0.122 e. The Bertz CT molecular complexity index is 361. The van der Waals surface area contributed by atoms with Crippen LogP contribution in [-0.4, -0.2) is 23.5 Å². The molecule has 96 valence electrons. The molecular weight excluding hydrogens is 212 g/mol. The zero-order chi connectivity index (χ0) is 12.4. The summed E-state index contributed by atoms with van der Waals surface area (Å²) >= 11 is 0. The normalized spacial score (nSPS) is 27.5. The second-order valence-corrected chi connectivity index (χ2v) is 5.14. The van der Waals surface area contributed by atoms with E-state index < -0.39 is 0 Å². The lowest BCUT2D eigenvalue weighted by Gasteiger charge is -2.34. The van der Waals surface area contributed by atoms with Crippen molar-refractivity contribution in [2.75, 3.05) is 6.54 Å². The molecule has 0 spiro atoms. The van der Waals surface area contributed by atoms with Gasteiger partial charge in [0, 0.05) is 18.6 Å². The number of nitrogens with two attached hydrogens (primary N) is 1. The van der Waals surface area contributed by atoms with Crippen LogP contribution in [0.3, 0.4) is 0 Å². The maximum absolute atomic E-state index is 5.97. The second kappa shape index (κ2) is 5.23. The maximum Gasteiger partial charge on any atom is 0.122 e. The Hall–Kier alpha value is -0.800. The fourth-order valence-corrected chi connectivity index (χ4v) is 3.09. The Morgan fingerprint density at radius 1 is 1.47 bits per heavy atom. The monoisotopic (exact) mass is 236 g/mol. The van der Waals surface area contributed by atoms with Gasteiger partial charge in [-0.1, -0.05) is 6.92 Å². The molecule has 1 aromatic heterocycles. The zero-order valence-electron chi connectivity index (χ0n) is 11.1.